The van der Waals surface area contributed by atoms with Crippen LogP contribution in [-0.2, 0) is 22.3 Å². The van der Waals surface area contributed by atoms with Crippen LogP contribution in [-0.4, -0.2) is 28.7 Å². The number of carbonyl (C=O) groups excluding carboxylic acids is 3. The van der Waals surface area contributed by atoms with Crippen molar-refractivity contribution in [3.63, 3.8) is 0 Å². The molecule has 2 aliphatic heterocycles. The van der Waals surface area contributed by atoms with Gasteiger partial charge in [-0.1, -0.05) is 6.07 Å². The number of nitrogens with zero attached hydrogens (tertiary/aromatic N) is 1. The predicted molar refractivity (Wildman–Crippen MR) is 72.1 cm³/mol. The largest absolute Gasteiger partial charge is 0.416 e. The number of amides is 3. The smallest absolute Gasteiger partial charge is 0.322 e. The van der Waals surface area contributed by atoms with Crippen LogP contribution in [0.3, 0.4) is 0 Å². The minimum atomic E-state index is -4.57. The molecule has 1 fully saturated rings. The third kappa shape index (κ3) is 2.69. The molecule has 3 rings (SSSR count). The first-order valence-electron chi connectivity index (χ1n) is 7.13. The number of rotatable bonds is 1. The van der Waals surface area contributed by atoms with E-state index in [0.717, 1.165) is 11.0 Å². The lowest BCUT2D eigenvalue weighted by Gasteiger charge is -2.25. The lowest BCUT2D eigenvalue weighted by molar-refractivity contribution is -0.138. The highest BCUT2D eigenvalue weighted by molar-refractivity contribution is 6.04. The van der Waals surface area contributed by atoms with Crippen LogP contribution >= 0.6 is 0 Å². The van der Waals surface area contributed by atoms with Gasteiger partial charge in [0.2, 0.25) is 11.8 Å². The summed E-state index contributed by atoms with van der Waals surface area (Å²) in [6, 6.07) is 2.50. The maximum absolute atomic E-state index is 13.1. The first-order valence-corrected chi connectivity index (χ1v) is 7.13. The van der Waals surface area contributed by atoms with E-state index in [1.807, 2.05) is 0 Å². The van der Waals surface area contributed by atoms with Gasteiger partial charge in [-0.2, -0.15) is 13.2 Å². The molecule has 0 spiro atoms. The summed E-state index contributed by atoms with van der Waals surface area (Å²) in [4.78, 5) is 36.9. The maximum Gasteiger partial charge on any atom is 0.416 e. The van der Waals surface area contributed by atoms with E-state index in [-0.39, 0.29) is 30.5 Å². The van der Waals surface area contributed by atoms with Gasteiger partial charge in [0, 0.05) is 18.5 Å². The number of alkyl halides is 3. The van der Waals surface area contributed by atoms with E-state index in [9.17, 15) is 27.6 Å². The molecule has 1 saturated heterocycles. The Morgan fingerprint density at radius 1 is 1.17 bits per heavy atom. The number of benzene rings is 1. The Hall–Kier alpha value is -2.38. The second-order valence-electron chi connectivity index (χ2n) is 5.58. The van der Waals surface area contributed by atoms with Crippen LogP contribution in [0.25, 0.3) is 0 Å². The Kier molecular flexibility index (Phi) is 3.62. The van der Waals surface area contributed by atoms with Gasteiger partial charge >= 0.3 is 6.18 Å². The summed E-state index contributed by atoms with van der Waals surface area (Å²) in [5.41, 5.74) is -1.02. The van der Waals surface area contributed by atoms with E-state index >= 15 is 0 Å². The summed E-state index contributed by atoms with van der Waals surface area (Å²) in [6.45, 7) is -0.282. The van der Waals surface area contributed by atoms with Crippen molar-refractivity contribution in [2.75, 3.05) is 0 Å². The van der Waals surface area contributed by atoms with Crippen LogP contribution in [0.5, 0.6) is 0 Å². The van der Waals surface area contributed by atoms with Crippen molar-refractivity contribution in [2.45, 2.75) is 38.0 Å². The summed E-state index contributed by atoms with van der Waals surface area (Å²) in [6.07, 6.45) is -3.76. The van der Waals surface area contributed by atoms with Gasteiger partial charge in [-0.25, -0.2) is 0 Å². The van der Waals surface area contributed by atoms with Gasteiger partial charge in [0.15, 0.2) is 0 Å². The Morgan fingerprint density at radius 3 is 2.61 bits per heavy atom. The fourth-order valence-corrected chi connectivity index (χ4v) is 3.04. The molecular formula is C15H13F3N2O3. The van der Waals surface area contributed by atoms with Crippen molar-refractivity contribution < 1.29 is 27.6 Å². The number of imide groups is 1. The molecule has 0 saturated carbocycles. The number of carbonyl (C=O) groups is 3. The molecule has 122 valence electrons. The molecule has 0 unspecified atom stereocenters. The minimum absolute atomic E-state index is 0.0387. The van der Waals surface area contributed by atoms with Crippen LogP contribution in [0.15, 0.2) is 18.2 Å². The number of halogens is 3. The van der Waals surface area contributed by atoms with Crippen LogP contribution in [0, 0.1) is 0 Å². The molecule has 0 radical (unpaired) electrons. The molecule has 0 aromatic heterocycles. The molecule has 1 aromatic carbocycles. The molecule has 0 bridgehead atoms. The monoisotopic (exact) mass is 326 g/mol. The molecule has 2 aliphatic rings. The highest BCUT2D eigenvalue weighted by atomic mass is 19.4. The summed E-state index contributed by atoms with van der Waals surface area (Å²) < 4.78 is 39.2. The van der Waals surface area contributed by atoms with E-state index in [1.54, 1.807) is 0 Å². The molecule has 8 heteroatoms. The van der Waals surface area contributed by atoms with Gasteiger partial charge in [-0.05, 0) is 30.5 Å². The van der Waals surface area contributed by atoms with Crippen molar-refractivity contribution in [3.05, 3.63) is 34.9 Å². The third-order valence-corrected chi connectivity index (χ3v) is 4.12. The van der Waals surface area contributed by atoms with Crippen LogP contribution in [0.1, 0.15) is 40.7 Å². The van der Waals surface area contributed by atoms with E-state index in [4.69, 9.17) is 0 Å². The average Bonchev–Trinajstić information content (AvgIpc) is 2.69. The average molecular weight is 326 g/mol. The van der Waals surface area contributed by atoms with Crippen LogP contribution in [0.2, 0.25) is 0 Å². The predicted octanol–water partition coefficient (Wildman–Crippen LogP) is 1.86. The zero-order valence-electron chi connectivity index (χ0n) is 11.9. The van der Waals surface area contributed by atoms with Crippen molar-refractivity contribution in [2.24, 2.45) is 0 Å². The zero-order chi connectivity index (χ0) is 16.8. The molecule has 1 N–H and O–H groups in total. The molecule has 2 heterocycles. The SMILES string of the molecule is O=C1CCC[C@H](N2Cc3c(cccc3C(F)(F)F)C2=O)C(=O)N1. The Balaban J connectivity index is 1.95. The highest BCUT2D eigenvalue weighted by Crippen LogP contribution is 2.38. The Bertz CT molecular complexity index is 700. The molecule has 1 aromatic rings. The van der Waals surface area contributed by atoms with Gasteiger partial charge in [-0.15, -0.1) is 0 Å². The van der Waals surface area contributed by atoms with Crippen LogP contribution < -0.4 is 5.32 Å². The van der Waals surface area contributed by atoms with Crippen LogP contribution in [0.4, 0.5) is 13.2 Å². The Morgan fingerprint density at radius 2 is 1.91 bits per heavy atom. The van der Waals surface area contributed by atoms with E-state index in [1.165, 1.54) is 12.1 Å². The fraction of sp³-hybridized carbons (Fsp3) is 0.400. The normalized spacial score (nSPS) is 22.0. The second-order valence-corrected chi connectivity index (χ2v) is 5.58. The number of nitrogens with one attached hydrogen (secondary N) is 1. The molecule has 3 amide bonds. The lowest BCUT2D eigenvalue weighted by Crippen LogP contribution is -2.47. The molecule has 0 aliphatic carbocycles. The topological polar surface area (TPSA) is 66.5 Å². The maximum atomic E-state index is 13.1. The summed E-state index contributed by atoms with van der Waals surface area (Å²) in [5.74, 6) is -1.68. The molecule has 23 heavy (non-hydrogen) atoms. The van der Waals surface area contributed by atoms with Gasteiger partial charge in [0.05, 0.1) is 5.56 Å². The summed E-state index contributed by atoms with van der Waals surface area (Å²) >= 11 is 0. The number of hydrogen-bond acceptors (Lipinski definition) is 3. The van der Waals surface area contributed by atoms with Gasteiger partial charge < -0.3 is 4.90 Å². The van der Waals surface area contributed by atoms with Crippen molar-refractivity contribution in [1.82, 2.24) is 10.2 Å². The highest BCUT2D eigenvalue weighted by Gasteiger charge is 2.43. The quantitative estimate of drug-likeness (QED) is 0.801. The van der Waals surface area contributed by atoms with Gasteiger partial charge in [-0.3, -0.25) is 19.7 Å². The summed E-state index contributed by atoms with van der Waals surface area (Å²) in [7, 11) is 0. The lowest BCUT2D eigenvalue weighted by atomic mass is 10.0. The standard InChI is InChI=1S/C15H13F3N2O3/c16-15(17,18)10-4-1-3-8-9(10)7-20(14(8)23)11-5-2-6-12(21)19-13(11)22/h1,3-4,11H,2,5-7H2,(H,19,21,22)/t11-/m0/s1. The first-order chi connectivity index (χ1) is 10.8. The van der Waals surface area contributed by atoms with E-state index < -0.39 is 35.5 Å². The second kappa shape index (κ2) is 5.36. The van der Waals surface area contributed by atoms with Crippen molar-refractivity contribution in [1.29, 1.82) is 0 Å². The van der Waals surface area contributed by atoms with E-state index in [0.29, 0.717) is 6.42 Å². The summed E-state index contributed by atoms with van der Waals surface area (Å²) in [5, 5.41) is 2.17. The zero-order valence-corrected chi connectivity index (χ0v) is 11.9. The minimum Gasteiger partial charge on any atom is -0.322 e. The molecular weight excluding hydrogens is 313 g/mol. The Labute approximate surface area is 129 Å². The van der Waals surface area contributed by atoms with Gasteiger partial charge in [0.25, 0.3) is 5.91 Å². The van der Waals surface area contributed by atoms with E-state index in [2.05, 4.69) is 5.32 Å². The number of fused-ring (bicyclic) bond motifs is 1. The fourth-order valence-electron chi connectivity index (χ4n) is 3.04. The molecule has 1 atom stereocenters. The van der Waals surface area contributed by atoms with Crippen molar-refractivity contribution >= 4 is 17.7 Å². The third-order valence-electron chi connectivity index (χ3n) is 4.12. The molecule has 5 nitrogen and oxygen atoms in total. The van der Waals surface area contributed by atoms with Gasteiger partial charge in [0.1, 0.15) is 6.04 Å². The van der Waals surface area contributed by atoms with Crippen molar-refractivity contribution in [3.8, 4) is 0 Å². The first kappa shape index (κ1) is 15.5. The number of hydrogen-bond donors (Lipinski definition) is 1.